The molecule has 0 heterocycles. The van der Waals surface area contributed by atoms with Crippen LogP contribution in [0.5, 0.6) is 0 Å². The van der Waals surface area contributed by atoms with E-state index in [2.05, 4.69) is 13.8 Å². The minimum atomic E-state index is -0.818. The molecule has 0 spiro atoms. The van der Waals surface area contributed by atoms with Gasteiger partial charge >= 0.3 is 0 Å². The molecule has 4 aliphatic rings. The van der Waals surface area contributed by atoms with Gasteiger partial charge in [-0.3, -0.25) is 4.79 Å². The van der Waals surface area contributed by atoms with Crippen LogP contribution in [-0.4, -0.2) is 27.2 Å². The summed E-state index contributed by atoms with van der Waals surface area (Å²) in [6, 6.07) is 0. The SMILES string of the molecule is C[C@]12CC[C@H](O)C(O)=C1C(=CO)C[C@@H]1[C@@H]2CC[C@]2(C)C(=O)CC[C@@H]12. The Bertz CT molecular complexity index is 648. The molecule has 0 aliphatic heterocycles. The van der Waals surface area contributed by atoms with Crippen LogP contribution in [0.4, 0.5) is 0 Å². The molecule has 4 nitrogen and oxygen atoms in total. The van der Waals surface area contributed by atoms with Crippen molar-refractivity contribution in [3.63, 3.8) is 0 Å². The summed E-state index contributed by atoms with van der Waals surface area (Å²) in [7, 11) is 0. The zero-order valence-corrected chi connectivity index (χ0v) is 14.6. The third kappa shape index (κ3) is 1.86. The largest absolute Gasteiger partial charge is 0.515 e. The molecule has 4 rings (SSSR count). The van der Waals surface area contributed by atoms with E-state index >= 15 is 0 Å². The maximum Gasteiger partial charge on any atom is 0.139 e. The summed E-state index contributed by atoms with van der Waals surface area (Å²) in [4.78, 5) is 12.5. The molecule has 0 bridgehead atoms. The van der Waals surface area contributed by atoms with Gasteiger partial charge in [-0.25, -0.2) is 0 Å². The monoisotopic (exact) mass is 332 g/mol. The van der Waals surface area contributed by atoms with Crippen molar-refractivity contribution in [3.8, 4) is 0 Å². The van der Waals surface area contributed by atoms with Crippen LogP contribution < -0.4 is 0 Å². The van der Waals surface area contributed by atoms with Crippen molar-refractivity contribution >= 4 is 5.78 Å². The van der Waals surface area contributed by atoms with Crippen molar-refractivity contribution in [2.75, 3.05) is 0 Å². The summed E-state index contributed by atoms with van der Waals surface area (Å²) in [5, 5.41) is 30.5. The van der Waals surface area contributed by atoms with Crippen molar-refractivity contribution in [2.45, 2.75) is 64.9 Å². The van der Waals surface area contributed by atoms with E-state index in [1.165, 1.54) is 0 Å². The lowest BCUT2D eigenvalue weighted by molar-refractivity contribution is -0.132. The number of carbonyl (C=O) groups excluding carboxylic acids is 1. The summed E-state index contributed by atoms with van der Waals surface area (Å²) >= 11 is 0. The van der Waals surface area contributed by atoms with Gasteiger partial charge in [-0.15, -0.1) is 0 Å². The van der Waals surface area contributed by atoms with Gasteiger partial charge in [0.2, 0.25) is 0 Å². The summed E-state index contributed by atoms with van der Waals surface area (Å²) in [5.74, 6) is 1.64. The molecule has 24 heavy (non-hydrogen) atoms. The van der Waals surface area contributed by atoms with E-state index in [4.69, 9.17) is 0 Å². The van der Waals surface area contributed by atoms with Crippen molar-refractivity contribution in [1.29, 1.82) is 0 Å². The lowest BCUT2D eigenvalue weighted by Crippen LogP contribution is -2.52. The summed E-state index contributed by atoms with van der Waals surface area (Å²) in [6.07, 6.45) is 5.97. The highest BCUT2D eigenvalue weighted by Crippen LogP contribution is 2.66. The van der Waals surface area contributed by atoms with E-state index in [1.54, 1.807) is 0 Å². The standard InChI is InChI=1S/C20H28O4/c1-19-7-5-14-12(13(19)3-4-16(19)23)9-11(10-21)17-18(24)15(22)6-8-20(14,17)2/h10,12-15,21-22,24H,3-9H2,1-2H3/t12-,13-,14-,15-,19-,20+/m0/s1. The molecule has 0 aromatic rings. The third-order valence-corrected chi connectivity index (χ3v) is 7.98. The van der Waals surface area contributed by atoms with Crippen LogP contribution in [0.15, 0.2) is 23.2 Å². The minimum Gasteiger partial charge on any atom is -0.515 e. The molecule has 0 aromatic carbocycles. The highest BCUT2D eigenvalue weighted by molar-refractivity contribution is 5.87. The zero-order chi connectivity index (χ0) is 17.3. The average molecular weight is 332 g/mol. The first kappa shape index (κ1) is 16.2. The number of hydrogen-bond acceptors (Lipinski definition) is 4. The van der Waals surface area contributed by atoms with Crippen molar-refractivity contribution in [2.24, 2.45) is 28.6 Å². The normalized spacial score (nSPS) is 49.8. The molecule has 0 aromatic heterocycles. The molecular formula is C20H28O4. The van der Waals surface area contributed by atoms with Crippen molar-refractivity contribution in [1.82, 2.24) is 0 Å². The van der Waals surface area contributed by atoms with Crippen LogP contribution in [-0.2, 0) is 4.79 Å². The Labute approximate surface area is 143 Å². The maximum atomic E-state index is 12.5. The van der Waals surface area contributed by atoms with Gasteiger partial charge in [0.15, 0.2) is 0 Å². The number of rotatable bonds is 0. The van der Waals surface area contributed by atoms with Crippen LogP contribution in [0.1, 0.15) is 58.8 Å². The average Bonchev–Trinajstić information content (AvgIpc) is 2.86. The van der Waals surface area contributed by atoms with E-state index in [9.17, 15) is 20.1 Å². The summed E-state index contributed by atoms with van der Waals surface area (Å²) in [5.41, 5.74) is 1.13. The summed E-state index contributed by atoms with van der Waals surface area (Å²) < 4.78 is 0. The zero-order valence-electron chi connectivity index (χ0n) is 14.6. The highest BCUT2D eigenvalue weighted by atomic mass is 16.3. The number of fused-ring (bicyclic) bond motifs is 5. The number of hydrogen-bond donors (Lipinski definition) is 3. The molecule has 3 saturated carbocycles. The Morgan fingerprint density at radius 2 is 1.75 bits per heavy atom. The molecule has 6 atom stereocenters. The number of ketones is 1. The lowest BCUT2D eigenvalue weighted by atomic mass is 9.46. The van der Waals surface area contributed by atoms with E-state index in [0.29, 0.717) is 42.8 Å². The molecule has 132 valence electrons. The fourth-order valence-electron chi connectivity index (χ4n) is 6.67. The number of carbonyl (C=O) groups is 1. The first-order valence-electron chi connectivity index (χ1n) is 9.31. The fraction of sp³-hybridized carbons (Fsp3) is 0.750. The van der Waals surface area contributed by atoms with Crippen LogP contribution >= 0.6 is 0 Å². The van der Waals surface area contributed by atoms with Gasteiger partial charge < -0.3 is 15.3 Å². The molecule has 3 fully saturated rings. The maximum absolute atomic E-state index is 12.5. The first-order valence-corrected chi connectivity index (χ1v) is 9.31. The first-order chi connectivity index (χ1) is 11.3. The second-order valence-electron chi connectivity index (χ2n) is 8.89. The number of aliphatic hydroxyl groups is 3. The predicted molar refractivity (Wildman–Crippen MR) is 90.4 cm³/mol. The topological polar surface area (TPSA) is 77.8 Å². The number of allylic oxidation sites excluding steroid dienone is 2. The van der Waals surface area contributed by atoms with Crippen LogP contribution in [0, 0.1) is 28.6 Å². The van der Waals surface area contributed by atoms with Gasteiger partial charge in [0.05, 0.1) is 6.26 Å². The van der Waals surface area contributed by atoms with Gasteiger partial charge in [-0.05, 0) is 67.3 Å². The third-order valence-electron chi connectivity index (χ3n) is 7.98. The Kier molecular flexibility index (Phi) is 3.44. The van der Waals surface area contributed by atoms with E-state index in [0.717, 1.165) is 43.1 Å². The lowest BCUT2D eigenvalue weighted by Gasteiger charge is -2.57. The second-order valence-corrected chi connectivity index (χ2v) is 8.89. The van der Waals surface area contributed by atoms with Crippen LogP contribution in [0.3, 0.4) is 0 Å². The Morgan fingerprint density at radius 3 is 2.46 bits per heavy atom. The van der Waals surface area contributed by atoms with E-state index < -0.39 is 6.10 Å². The Balaban J connectivity index is 1.81. The fourth-order valence-corrected chi connectivity index (χ4v) is 6.67. The number of Topliss-reactive ketones (excluding diaryl/α,β-unsaturated/α-hetero) is 1. The molecular weight excluding hydrogens is 304 g/mol. The van der Waals surface area contributed by atoms with Crippen molar-refractivity contribution in [3.05, 3.63) is 23.2 Å². The molecule has 0 saturated heterocycles. The molecule has 0 unspecified atom stereocenters. The Hall–Kier alpha value is -1.29. The van der Waals surface area contributed by atoms with E-state index in [-0.39, 0.29) is 16.6 Å². The molecule has 4 heteroatoms. The quantitative estimate of drug-likeness (QED) is 0.589. The van der Waals surface area contributed by atoms with Gasteiger partial charge in [-0.1, -0.05) is 13.8 Å². The smallest absolute Gasteiger partial charge is 0.139 e. The Morgan fingerprint density at radius 1 is 1.08 bits per heavy atom. The number of aliphatic hydroxyl groups excluding tert-OH is 3. The predicted octanol–water partition coefficient (Wildman–Crippen LogP) is 3.82. The van der Waals surface area contributed by atoms with Gasteiger partial charge in [-0.2, -0.15) is 0 Å². The molecule has 3 N–H and O–H groups in total. The van der Waals surface area contributed by atoms with Gasteiger partial charge in [0, 0.05) is 17.4 Å². The minimum absolute atomic E-state index is 0.0540. The van der Waals surface area contributed by atoms with Crippen LogP contribution in [0.2, 0.25) is 0 Å². The van der Waals surface area contributed by atoms with Gasteiger partial charge in [0.1, 0.15) is 17.6 Å². The van der Waals surface area contributed by atoms with Crippen molar-refractivity contribution < 1.29 is 20.1 Å². The molecule has 0 radical (unpaired) electrons. The van der Waals surface area contributed by atoms with Gasteiger partial charge in [0.25, 0.3) is 0 Å². The molecule has 0 amide bonds. The second kappa shape index (κ2) is 5.10. The van der Waals surface area contributed by atoms with Crippen LogP contribution in [0.25, 0.3) is 0 Å². The summed E-state index contributed by atoms with van der Waals surface area (Å²) in [6.45, 7) is 4.32. The van der Waals surface area contributed by atoms with E-state index in [1.807, 2.05) is 0 Å². The molecule has 4 aliphatic carbocycles. The highest BCUT2D eigenvalue weighted by Gasteiger charge is 2.60.